The number of hydrogen-bond donors (Lipinski definition) is 1. The lowest BCUT2D eigenvalue weighted by Crippen LogP contribution is -2.14. The van der Waals surface area contributed by atoms with Crippen LogP contribution in [0, 0.1) is 0 Å². The Kier molecular flexibility index (Phi) is 6.55. The fraction of sp³-hybridized carbons (Fsp3) is 0.385. The molecule has 0 aliphatic rings. The van der Waals surface area contributed by atoms with E-state index in [4.69, 9.17) is 23.2 Å². The van der Waals surface area contributed by atoms with Gasteiger partial charge in [-0.3, -0.25) is 0 Å². The zero-order chi connectivity index (χ0) is 11.8. The Morgan fingerprint density at radius 1 is 1.25 bits per heavy atom. The molecule has 1 nitrogen and oxygen atoms in total. The molecule has 0 amide bonds. The van der Waals surface area contributed by atoms with Crippen molar-refractivity contribution >= 4 is 29.3 Å². The molecule has 0 bridgehead atoms. The summed E-state index contributed by atoms with van der Waals surface area (Å²) >= 11 is 11.9. The van der Waals surface area contributed by atoms with Crippen LogP contribution in [-0.4, -0.2) is 13.1 Å². The highest BCUT2D eigenvalue weighted by Gasteiger charge is 1.96. The van der Waals surface area contributed by atoms with E-state index in [2.05, 4.69) is 18.3 Å². The highest BCUT2D eigenvalue weighted by molar-refractivity contribution is 6.34. The van der Waals surface area contributed by atoms with Crippen molar-refractivity contribution in [3.05, 3.63) is 39.9 Å². The van der Waals surface area contributed by atoms with Crippen molar-refractivity contribution < 1.29 is 0 Å². The maximum atomic E-state index is 6.03. The minimum absolute atomic E-state index is 0.716. The number of halogens is 2. The van der Waals surface area contributed by atoms with Gasteiger partial charge in [0.1, 0.15) is 0 Å². The van der Waals surface area contributed by atoms with E-state index in [0.717, 1.165) is 30.1 Å². The molecule has 0 spiro atoms. The van der Waals surface area contributed by atoms with E-state index in [0.29, 0.717) is 5.02 Å². The fourth-order valence-corrected chi connectivity index (χ4v) is 1.70. The summed E-state index contributed by atoms with van der Waals surface area (Å²) < 4.78 is 0. The van der Waals surface area contributed by atoms with Crippen molar-refractivity contribution in [1.82, 2.24) is 5.32 Å². The van der Waals surface area contributed by atoms with Gasteiger partial charge >= 0.3 is 0 Å². The Bertz CT molecular complexity index is 348. The molecule has 0 unspecified atom stereocenters. The van der Waals surface area contributed by atoms with E-state index in [1.165, 1.54) is 6.42 Å². The van der Waals surface area contributed by atoms with E-state index in [1.807, 2.05) is 18.2 Å². The van der Waals surface area contributed by atoms with Crippen LogP contribution in [0.25, 0.3) is 6.08 Å². The Morgan fingerprint density at radius 3 is 2.81 bits per heavy atom. The van der Waals surface area contributed by atoms with Crippen molar-refractivity contribution in [2.24, 2.45) is 0 Å². The molecule has 0 aliphatic carbocycles. The zero-order valence-electron chi connectivity index (χ0n) is 9.47. The van der Waals surface area contributed by atoms with Crippen LogP contribution in [-0.2, 0) is 0 Å². The van der Waals surface area contributed by atoms with Crippen LogP contribution in [0.4, 0.5) is 0 Å². The Hall–Kier alpha value is -0.500. The van der Waals surface area contributed by atoms with E-state index in [-0.39, 0.29) is 0 Å². The van der Waals surface area contributed by atoms with Crippen molar-refractivity contribution in [2.75, 3.05) is 13.1 Å². The molecule has 0 aromatic heterocycles. The van der Waals surface area contributed by atoms with E-state index >= 15 is 0 Å². The van der Waals surface area contributed by atoms with Crippen LogP contribution in [0.15, 0.2) is 24.3 Å². The average molecular weight is 258 g/mol. The highest BCUT2D eigenvalue weighted by atomic mass is 35.5. The second-order valence-corrected chi connectivity index (χ2v) is 4.45. The predicted molar refractivity (Wildman–Crippen MR) is 73.3 cm³/mol. The largest absolute Gasteiger partial charge is 0.316 e. The van der Waals surface area contributed by atoms with Crippen LogP contribution < -0.4 is 5.32 Å². The summed E-state index contributed by atoms with van der Waals surface area (Å²) in [6.45, 7) is 4.24. The summed E-state index contributed by atoms with van der Waals surface area (Å²) in [5.41, 5.74) is 0.977. The van der Waals surface area contributed by atoms with Gasteiger partial charge in [-0.25, -0.2) is 0 Å². The van der Waals surface area contributed by atoms with Gasteiger partial charge in [0.2, 0.25) is 0 Å². The van der Waals surface area contributed by atoms with Gasteiger partial charge in [0.15, 0.2) is 0 Å². The maximum Gasteiger partial charge on any atom is 0.0479 e. The molecule has 0 saturated carbocycles. The average Bonchev–Trinajstić information content (AvgIpc) is 2.28. The van der Waals surface area contributed by atoms with Crippen LogP contribution in [0.2, 0.25) is 10.0 Å². The standard InChI is InChI=1S/C13H17Cl2N/c1-2-8-16-9-4-3-5-11-10-12(14)6-7-13(11)15/h3,5-7,10,16H,2,4,8-9H2,1H3. The summed E-state index contributed by atoms with van der Waals surface area (Å²) in [7, 11) is 0. The Balaban J connectivity index is 2.40. The van der Waals surface area contributed by atoms with Crippen molar-refractivity contribution in [3.63, 3.8) is 0 Å². The number of nitrogens with one attached hydrogen (secondary N) is 1. The topological polar surface area (TPSA) is 12.0 Å². The third-order valence-corrected chi connectivity index (χ3v) is 2.75. The molecule has 0 heterocycles. The second-order valence-electron chi connectivity index (χ2n) is 3.61. The molecule has 0 atom stereocenters. The first-order chi connectivity index (χ1) is 7.74. The van der Waals surface area contributed by atoms with Crippen molar-refractivity contribution in [3.8, 4) is 0 Å². The van der Waals surface area contributed by atoms with Crippen molar-refractivity contribution in [2.45, 2.75) is 19.8 Å². The van der Waals surface area contributed by atoms with E-state index in [1.54, 1.807) is 6.07 Å². The van der Waals surface area contributed by atoms with Gasteiger partial charge in [0.25, 0.3) is 0 Å². The number of rotatable bonds is 6. The SMILES string of the molecule is CCCNCCC=Cc1cc(Cl)ccc1Cl. The van der Waals surface area contributed by atoms with Gasteiger partial charge < -0.3 is 5.32 Å². The third kappa shape index (κ3) is 5.02. The van der Waals surface area contributed by atoms with E-state index < -0.39 is 0 Å². The van der Waals surface area contributed by atoms with Crippen LogP contribution in [0.1, 0.15) is 25.3 Å². The smallest absolute Gasteiger partial charge is 0.0479 e. The summed E-state index contributed by atoms with van der Waals surface area (Å²) in [5.74, 6) is 0. The number of benzene rings is 1. The molecule has 0 fully saturated rings. The maximum absolute atomic E-state index is 6.03. The monoisotopic (exact) mass is 257 g/mol. The molecule has 16 heavy (non-hydrogen) atoms. The zero-order valence-corrected chi connectivity index (χ0v) is 11.0. The third-order valence-electron chi connectivity index (χ3n) is 2.17. The summed E-state index contributed by atoms with van der Waals surface area (Å²) in [6, 6.07) is 5.49. The highest BCUT2D eigenvalue weighted by Crippen LogP contribution is 2.21. The molecule has 1 aromatic rings. The van der Waals surface area contributed by atoms with Gasteiger partial charge in [0.05, 0.1) is 0 Å². The summed E-state index contributed by atoms with van der Waals surface area (Å²) in [6.07, 6.45) is 6.30. The molecule has 0 aliphatic heterocycles. The number of hydrogen-bond acceptors (Lipinski definition) is 1. The molecule has 1 rings (SSSR count). The molecule has 0 saturated heterocycles. The first kappa shape index (κ1) is 13.6. The molecule has 0 radical (unpaired) electrons. The molecule has 88 valence electrons. The van der Waals surface area contributed by atoms with Crippen molar-refractivity contribution in [1.29, 1.82) is 0 Å². The first-order valence-corrected chi connectivity index (χ1v) is 6.32. The van der Waals surface area contributed by atoms with Gasteiger partial charge in [0, 0.05) is 10.0 Å². The molecule has 1 aromatic carbocycles. The van der Waals surface area contributed by atoms with Gasteiger partial charge in [-0.05, 0) is 49.7 Å². The van der Waals surface area contributed by atoms with Crippen LogP contribution >= 0.6 is 23.2 Å². The predicted octanol–water partition coefficient (Wildman–Crippen LogP) is 4.40. The van der Waals surface area contributed by atoms with Gasteiger partial charge in [-0.2, -0.15) is 0 Å². The Morgan fingerprint density at radius 2 is 2.06 bits per heavy atom. The normalized spacial score (nSPS) is 11.2. The minimum atomic E-state index is 0.716. The first-order valence-electron chi connectivity index (χ1n) is 5.56. The second kappa shape index (κ2) is 7.72. The quantitative estimate of drug-likeness (QED) is 0.746. The molecular weight excluding hydrogens is 241 g/mol. The fourth-order valence-electron chi connectivity index (χ4n) is 1.34. The lowest BCUT2D eigenvalue weighted by Gasteiger charge is -2.00. The molecular formula is C13H17Cl2N. The lowest BCUT2D eigenvalue weighted by molar-refractivity contribution is 0.679. The Labute approximate surface area is 107 Å². The summed E-state index contributed by atoms with van der Waals surface area (Å²) in [5, 5.41) is 4.79. The van der Waals surface area contributed by atoms with Crippen LogP contribution in [0.3, 0.4) is 0 Å². The lowest BCUT2D eigenvalue weighted by atomic mass is 10.2. The van der Waals surface area contributed by atoms with Crippen LogP contribution in [0.5, 0.6) is 0 Å². The van der Waals surface area contributed by atoms with E-state index in [9.17, 15) is 0 Å². The summed E-state index contributed by atoms with van der Waals surface area (Å²) in [4.78, 5) is 0. The molecule has 1 N–H and O–H groups in total. The molecule has 3 heteroatoms. The van der Waals surface area contributed by atoms with Gasteiger partial charge in [-0.15, -0.1) is 0 Å². The minimum Gasteiger partial charge on any atom is -0.316 e. The van der Waals surface area contributed by atoms with Gasteiger partial charge in [-0.1, -0.05) is 42.3 Å².